The summed E-state index contributed by atoms with van der Waals surface area (Å²) in [5, 5.41) is 0. The molecule has 1 aliphatic rings. The number of hydrogen-bond acceptors (Lipinski definition) is 19. The number of hydrogen-bond donors (Lipinski definition) is 4. The fraction of sp³-hybridized carbons (Fsp3) is 0.591. The summed E-state index contributed by atoms with van der Waals surface area (Å²) in [5.74, 6) is -5.05. The smallest absolute Gasteiger partial charge is 0.469 e. The van der Waals surface area contributed by atoms with Gasteiger partial charge in [0.2, 0.25) is 5.95 Å². The maximum atomic E-state index is 13.2. The normalized spacial score (nSPS) is 20.6. The standard InChI is InChI=1S/C22H31N5O18P2/c1-37-14(28)6-22(20(32)40-4,7-15(29)38-2)45-47(35,36)41-8-12-11(44-46(33,34)42-9-16(30)39-3)5-13(43-12)27-10-24-17-18(27)25-21(23)26-19(17)31/h10-13H,5-9H2,1-4H3,(H,33,34)(H,35,36)(H3,23,25,26,31). The van der Waals surface area contributed by atoms with Gasteiger partial charge in [-0.05, 0) is 0 Å². The van der Waals surface area contributed by atoms with Gasteiger partial charge in [0.25, 0.3) is 5.56 Å². The van der Waals surface area contributed by atoms with E-state index in [9.17, 15) is 42.9 Å². The van der Waals surface area contributed by atoms with Crippen LogP contribution in [0, 0.1) is 0 Å². The quantitative estimate of drug-likeness (QED) is 0.0904. The minimum absolute atomic E-state index is 0.0738. The van der Waals surface area contributed by atoms with Crippen LogP contribution in [0.15, 0.2) is 11.1 Å². The van der Waals surface area contributed by atoms with Gasteiger partial charge in [0.15, 0.2) is 23.4 Å². The molecule has 3 heterocycles. The average molecular weight is 715 g/mol. The zero-order valence-corrected chi connectivity index (χ0v) is 26.9. The highest BCUT2D eigenvalue weighted by Crippen LogP contribution is 2.52. The van der Waals surface area contributed by atoms with E-state index in [1.165, 1.54) is 4.57 Å². The summed E-state index contributed by atoms with van der Waals surface area (Å²) in [5.41, 5.74) is 1.94. The third kappa shape index (κ3) is 9.62. The molecule has 0 aliphatic carbocycles. The van der Waals surface area contributed by atoms with E-state index in [1.54, 1.807) is 0 Å². The van der Waals surface area contributed by atoms with Gasteiger partial charge in [-0.2, -0.15) is 4.98 Å². The van der Waals surface area contributed by atoms with Crippen LogP contribution in [0.4, 0.5) is 5.95 Å². The summed E-state index contributed by atoms with van der Waals surface area (Å²) < 4.78 is 70.6. The Kier molecular flexibility index (Phi) is 12.3. The van der Waals surface area contributed by atoms with Gasteiger partial charge in [0.05, 0.1) is 54.2 Å². The molecule has 5 N–H and O–H groups in total. The summed E-state index contributed by atoms with van der Waals surface area (Å²) in [6.45, 7) is -1.97. The van der Waals surface area contributed by atoms with Gasteiger partial charge in [0, 0.05) is 6.42 Å². The lowest BCUT2D eigenvalue weighted by Gasteiger charge is -2.30. The van der Waals surface area contributed by atoms with Crippen LogP contribution in [-0.4, -0.2) is 113 Å². The Hall–Kier alpha value is -3.79. The average Bonchev–Trinajstić information content (AvgIpc) is 3.61. The van der Waals surface area contributed by atoms with Crippen molar-refractivity contribution < 1.29 is 79.9 Å². The largest absolute Gasteiger partial charge is 0.473 e. The molecule has 0 saturated carbocycles. The number of nitrogens with one attached hydrogen (secondary N) is 1. The topological polar surface area (TPSA) is 316 Å². The molecular weight excluding hydrogens is 684 g/mol. The summed E-state index contributed by atoms with van der Waals surface area (Å²) in [4.78, 5) is 91.6. The van der Waals surface area contributed by atoms with Gasteiger partial charge >= 0.3 is 39.5 Å². The molecule has 3 rings (SSSR count). The Morgan fingerprint density at radius 3 is 2.21 bits per heavy atom. The molecule has 1 saturated heterocycles. The molecule has 0 amide bonds. The molecule has 0 bridgehead atoms. The maximum Gasteiger partial charge on any atom is 0.473 e. The first-order valence-corrected chi connectivity index (χ1v) is 16.0. The SMILES string of the molecule is COC(=O)COP(=O)(O)OC1CC(n2cnc3c(=O)[nH]c(N)nc32)OC1COP(=O)(O)OC(CC(=O)OC)(CC(=O)OC)C(=O)OC. The third-order valence-electron chi connectivity index (χ3n) is 6.35. The molecule has 2 aromatic heterocycles. The number of carbonyl (C=O) groups excluding carboxylic acids is 4. The van der Waals surface area contributed by atoms with E-state index in [2.05, 4.69) is 38.4 Å². The molecule has 0 aromatic carbocycles. The van der Waals surface area contributed by atoms with Crippen molar-refractivity contribution in [1.29, 1.82) is 0 Å². The van der Waals surface area contributed by atoms with E-state index in [4.69, 9.17) is 24.0 Å². The van der Waals surface area contributed by atoms with Gasteiger partial charge in [-0.1, -0.05) is 0 Å². The lowest BCUT2D eigenvalue weighted by molar-refractivity contribution is -0.173. The number of aromatic amines is 1. The maximum absolute atomic E-state index is 13.2. The van der Waals surface area contributed by atoms with Crippen LogP contribution in [0.5, 0.6) is 0 Å². The number of H-pyrrole nitrogens is 1. The predicted molar refractivity (Wildman–Crippen MR) is 149 cm³/mol. The Morgan fingerprint density at radius 1 is 1.02 bits per heavy atom. The molecule has 47 heavy (non-hydrogen) atoms. The van der Waals surface area contributed by atoms with Crippen molar-refractivity contribution >= 4 is 56.6 Å². The lowest BCUT2D eigenvalue weighted by Crippen LogP contribution is -2.46. The first-order chi connectivity index (χ1) is 22.0. The van der Waals surface area contributed by atoms with Gasteiger partial charge < -0.3 is 39.2 Å². The van der Waals surface area contributed by atoms with E-state index in [1.807, 2.05) is 0 Å². The van der Waals surface area contributed by atoms with Crippen LogP contribution in [-0.2, 0) is 70.1 Å². The summed E-state index contributed by atoms with van der Waals surface area (Å²) in [6.07, 6.45) is -5.64. The van der Waals surface area contributed by atoms with Crippen molar-refractivity contribution in [2.45, 2.75) is 43.3 Å². The first-order valence-electron chi connectivity index (χ1n) is 13.0. The predicted octanol–water partition coefficient (Wildman–Crippen LogP) is -1.16. The van der Waals surface area contributed by atoms with E-state index in [-0.39, 0.29) is 23.5 Å². The highest BCUT2D eigenvalue weighted by Gasteiger charge is 2.52. The fourth-order valence-electron chi connectivity index (χ4n) is 4.20. The molecule has 23 nitrogen and oxygen atoms in total. The van der Waals surface area contributed by atoms with Crippen LogP contribution in [0.3, 0.4) is 0 Å². The van der Waals surface area contributed by atoms with Crippen molar-refractivity contribution in [3.05, 3.63) is 16.7 Å². The highest BCUT2D eigenvalue weighted by molar-refractivity contribution is 7.47. The number of carbonyl (C=O) groups is 4. The van der Waals surface area contributed by atoms with Crippen LogP contribution in [0.2, 0.25) is 0 Å². The molecule has 0 radical (unpaired) electrons. The van der Waals surface area contributed by atoms with Crippen molar-refractivity contribution in [3.8, 4) is 0 Å². The number of methoxy groups -OCH3 is 4. The first kappa shape index (κ1) is 37.7. The van der Waals surface area contributed by atoms with Gasteiger partial charge in [-0.15, -0.1) is 0 Å². The van der Waals surface area contributed by atoms with Crippen molar-refractivity contribution in [1.82, 2.24) is 19.5 Å². The van der Waals surface area contributed by atoms with Gasteiger partial charge in [0.1, 0.15) is 18.4 Å². The van der Waals surface area contributed by atoms with Crippen LogP contribution < -0.4 is 11.3 Å². The second-order valence-electron chi connectivity index (χ2n) is 9.45. The molecule has 1 fully saturated rings. The fourth-order valence-corrected chi connectivity index (χ4v) is 6.13. The van der Waals surface area contributed by atoms with E-state index in [0.29, 0.717) is 0 Å². The molecule has 1 aliphatic heterocycles. The number of fused-ring (bicyclic) bond motifs is 1. The number of phosphoric ester groups is 2. The molecular formula is C22H31N5O18P2. The van der Waals surface area contributed by atoms with E-state index >= 15 is 0 Å². The molecule has 5 unspecified atom stereocenters. The van der Waals surface area contributed by atoms with E-state index in [0.717, 1.165) is 34.8 Å². The number of ether oxygens (including phenoxy) is 5. The third-order valence-corrected chi connectivity index (χ3v) is 8.40. The number of anilines is 1. The van der Waals surface area contributed by atoms with Crippen molar-refractivity contribution in [2.24, 2.45) is 0 Å². The minimum atomic E-state index is -5.48. The Bertz CT molecular complexity index is 1630. The Balaban J connectivity index is 1.91. The van der Waals surface area contributed by atoms with E-state index < -0.39 is 95.2 Å². The monoisotopic (exact) mass is 715 g/mol. The number of aromatic nitrogens is 4. The number of imidazole rings is 1. The van der Waals surface area contributed by atoms with Crippen LogP contribution in [0.25, 0.3) is 11.2 Å². The number of nitrogen functional groups attached to an aromatic ring is 1. The molecule has 2 aromatic rings. The number of esters is 4. The summed E-state index contributed by atoms with van der Waals surface area (Å²) in [6, 6.07) is 0. The second kappa shape index (κ2) is 15.4. The summed E-state index contributed by atoms with van der Waals surface area (Å²) >= 11 is 0. The van der Waals surface area contributed by atoms with Crippen molar-refractivity contribution in [3.63, 3.8) is 0 Å². The number of nitrogens with zero attached hydrogens (tertiary/aromatic N) is 3. The minimum Gasteiger partial charge on any atom is -0.469 e. The van der Waals surface area contributed by atoms with Gasteiger partial charge in [-0.25, -0.2) is 23.7 Å². The van der Waals surface area contributed by atoms with Crippen LogP contribution >= 0.6 is 15.6 Å². The van der Waals surface area contributed by atoms with Gasteiger partial charge in [-0.3, -0.25) is 42.0 Å². The second-order valence-corrected chi connectivity index (χ2v) is 12.2. The zero-order valence-electron chi connectivity index (χ0n) is 25.1. The lowest BCUT2D eigenvalue weighted by atomic mass is 9.95. The zero-order chi connectivity index (χ0) is 35.2. The molecule has 25 heteroatoms. The number of rotatable bonds is 16. The molecule has 0 spiro atoms. The van der Waals surface area contributed by atoms with Crippen LogP contribution in [0.1, 0.15) is 25.5 Å². The number of nitrogens with two attached hydrogens (primary N) is 1. The Labute approximate surface area is 263 Å². The number of phosphoric acid groups is 2. The summed E-state index contributed by atoms with van der Waals surface area (Å²) in [7, 11) is -6.81. The molecule has 5 atom stereocenters. The Morgan fingerprint density at radius 2 is 1.64 bits per heavy atom. The van der Waals surface area contributed by atoms with Crippen molar-refractivity contribution in [2.75, 3.05) is 47.4 Å². The molecule has 262 valence electrons. The highest BCUT2D eigenvalue weighted by atomic mass is 31.2.